The van der Waals surface area contributed by atoms with Gasteiger partial charge in [0.1, 0.15) is 0 Å². The number of aromatic nitrogens is 2. The molecule has 5 nitrogen and oxygen atoms in total. The van der Waals surface area contributed by atoms with E-state index < -0.39 is 0 Å². The molecule has 1 aromatic rings. The lowest BCUT2D eigenvalue weighted by Crippen LogP contribution is -2.24. The minimum atomic E-state index is -0.222. The van der Waals surface area contributed by atoms with Gasteiger partial charge in [-0.3, -0.25) is 4.68 Å². The monoisotopic (exact) mass is 196 g/mol. The second kappa shape index (κ2) is 4.13. The zero-order valence-electron chi connectivity index (χ0n) is 8.96. The van der Waals surface area contributed by atoms with Crippen LogP contribution in [0.1, 0.15) is 25.5 Å². The molecule has 1 rings (SSSR count). The number of hydrogen-bond acceptors (Lipinski definition) is 2. The SMILES string of the molecule is CNC(=O)Nc1cn(C)nc1C(C)C. The topological polar surface area (TPSA) is 59.0 Å². The largest absolute Gasteiger partial charge is 0.341 e. The fourth-order valence-electron chi connectivity index (χ4n) is 1.21. The predicted octanol–water partition coefficient (Wildman–Crippen LogP) is 1.29. The van der Waals surface area contributed by atoms with Crippen LogP contribution in [0, 0.1) is 0 Å². The molecule has 2 N–H and O–H groups in total. The van der Waals surface area contributed by atoms with Crippen LogP contribution in [-0.2, 0) is 7.05 Å². The van der Waals surface area contributed by atoms with Gasteiger partial charge in [-0.25, -0.2) is 4.79 Å². The van der Waals surface area contributed by atoms with E-state index in [4.69, 9.17) is 0 Å². The molecule has 0 aliphatic heterocycles. The maximum atomic E-state index is 11.1. The summed E-state index contributed by atoms with van der Waals surface area (Å²) >= 11 is 0. The van der Waals surface area contributed by atoms with E-state index in [-0.39, 0.29) is 6.03 Å². The third kappa shape index (κ3) is 2.25. The smallest absolute Gasteiger partial charge is 0.319 e. The summed E-state index contributed by atoms with van der Waals surface area (Å²) in [4.78, 5) is 11.1. The molecule has 0 saturated heterocycles. The van der Waals surface area contributed by atoms with Crippen molar-refractivity contribution in [2.24, 2.45) is 7.05 Å². The van der Waals surface area contributed by atoms with Gasteiger partial charge in [0.25, 0.3) is 0 Å². The molecule has 1 heterocycles. The molecule has 14 heavy (non-hydrogen) atoms. The summed E-state index contributed by atoms with van der Waals surface area (Å²) in [5, 5.41) is 9.50. The summed E-state index contributed by atoms with van der Waals surface area (Å²) in [6, 6.07) is -0.222. The van der Waals surface area contributed by atoms with Crippen molar-refractivity contribution in [2.45, 2.75) is 19.8 Å². The first-order valence-corrected chi connectivity index (χ1v) is 4.57. The lowest BCUT2D eigenvalue weighted by atomic mass is 10.1. The Morgan fingerprint density at radius 3 is 2.71 bits per heavy atom. The van der Waals surface area contributed by atoms with E-state index in [0.29, 0.717) is 5.92 Å². The highest BCUT2D eigenvalue weighted by Crippen LogP contribution is 2.21. The number of aryl methyl sites for hydroxylation is 1. The first-order chi connectivity index (χ1) is 6.54. The molecule has 0 saturated carbocycles. The van der Waals surface area contributed by atoms with Gasteiger partial charge >= 0.3 is 6.03 Å². The molecule has 0 unspecified atom stereocenters. The first kappa shape index (κ1) is 10.6. The van der Waals surface area contributed by atoms with Gasteiger partial charge in [0.05, 0.1) is 11.4 Å². The number of hydrogen-bond donors (Lipinski definition) is 2. The van der Waals surface area contributed by atoms with Crippen LogP contribution in [0.4, 0.5) is 10.5 Å². The lowest BCUT2D eigenvalue weighted by Gasteiger charge is -2.05. The van der Waals surface area contributed by atoms with Crippen molar-refractivity contribution in [1.82, 2.24) is 15.1 Å². The van der Waals surface area contributed by atoms with Crippen LogP contribution in [0.3, 0.4) is 0 Å². The Labute approximate surface area is 83.5 Å². The lowest BCUT2D eigenvalue weighted by molar-refractivity contribution is 0.254. The fraction of sp³-hybridized carbons (Fsp3) is 0.556. The van der Waals surface area contributed by atoms with Crippen LogP contribution in [0.5, 0.6) is 0 Å². The average molecular weight is 196 g/mol. The molecule has 0 aliphatic carbocycles. The maximum absolute atomic E-state index is 11.1. The van der Waals surface area contributed by atoms with Gasteiger partial charge < -0.3 is 10.6 Å². The van der Waals surface area contributed by atoms with Crippen LogP contribution in [0.2, 0.25) is 0 Å². The molecule has 0 aromatic carbocycles. The number of urea groups is 1. The van der Waals surface area contributed by atoms with Crippen molar-refractivity contribution < 1.29 is 4.79 Å². The van der Waals surface area contributed by atoms with Gasteiger partial charge in [-0.15, -0.1) is 0 Å². The summed E-state index contributed by atoms with van der Waals surface area (Å²) in [5.41, 5.74) is 1.66. The summed E-state index contributed by atoms with van der Waals surface area (Å²) in [6.07, 6.45) is 1.80. The standard InChI is InChI=1S/C9H16N4O/c1-6(2)8-7(5-13(4)12-8)11-9(14)10-3/h5-6H,1-4H3,(H2,10,11,14). The second-order valence-electron chi connectivity index (χ2n) is 3.46. The fourth-order valence-corrected chi connectivity index (χ4v) is 1.21. The number of nitrogens with one attached hydrogen (secondary N) is 2. The Morgan fingerprint density at radius 1 is 1.57 bits per heavy atom. The van der Waals surface area contributed by atoms with E-state index >= 15 is 0 Å². The number of nitrogens with zero attached hydrogens (tertiary/aromatic N) is 2. The highest BCUT2D eigenvalue weighted by molar-refractivity contribution is 5.89. The van der Waals surface area contributed by atoms with Crippen LogP contribution in [0.15, 0.2) is 6.20 Å². The van der Waals surface area contributed by atoms with Crippen molar-refractivity contribution in [3.63, 3.8) is 0 Å². The van der Waals surface area contributed by atoms with Gasteiger partial charge in [-0.1, -0.05) is 13.8 Å². The number of amides is 2. The molecule has 78 valence electrons. The third-order valence-corrected chi connectivity index (χ3v) is 1.88. The molecule has 0 radical (unpaired) electrons. The van der Waals surface area contributed by atoms with Gasteiger partial charge in [-0.2, -0.15) is 5.10 Å². The number of anilines is 1. The first-order valence-electron chi connectivity index (χ1n) is 4.57. The summed E-state index contributed by atoms with van der Waals surface area (Å²) in [5.74, 6) is 0.295. The molecular weight excluding hydrogens is 180 g/mol. The van der Waals surface area contributed by atoms with Crippen molar-refractivity contribution in [1.29, 1.82) is 0 Å². The predicted molar refractivity (Wildman–Crippen MR) is 55.4 cm³/mol. The van der Waals surface area contributed by atoms with Crippen molar-refractivity contribution in [2.75, 3.05) is 12.4 Å². The molecule has 1 aromatic heterocycles. The maximum Gasteiger partial charge on any atom is 0.319 e. The van der Waals surface area contributed by atoms with E-state index in [2.05, 4.69) is 15.7 Å². The average Bonchev–Trinajstić information content (AvgIpc) is 2.46. The number of carbonyl (C=O) groups is 1. The molecule has 0 fully saturated rings. The minimum Gasteiger partial charge on any atom is -0.341 e. The third-order valence-electron chi connectivity index (χ3n) is 1.88. The van der Waals surface area contributed by atoms with Crippen molar-refractivity contribution in [3.8, 4) is 0 Å². The number of carbonyl (C=O) groups excluding carboxylic acids is 1. The van der Waals surface area contributed by atoms with E-state index in [1.54, 1.807) is 17.9 Å². The Kier molecular flexibility index (Phi) is 3.11. The Balaban J connectivity index is 2.89. The van der Waals surface area contributed by atoms with Crippen LogP contribution in [-0.4, -0.2) is 22.9 Å². The van der Waals surface area contributed by atoms with E-state index in [1.165, 1.54) is 0 Å². The summed E-state index contributed by atoms with van der Waals surface area (Å²) in [6.45, 7) is 4.08. The van der Waals surface area contributed by atoms with Crippen LogP contribution < -0.4 is 10.6 Å². The number of rotatable bonds is 2. The normalized spacial score (nSPS) is 10.4. The zero-order chi connectivity index (χ0) is 10.7. The molecular formula is C9H16N4O. The quantitative estimate of drug-likeness (QED) is 0.749. The highest BCUT2D eigenvalue weighted by atomic mass is 16.2. The van der Waals surface area contributed by atoms with E-state index in [1.807, 2.05) is 20.9 Å². The molecule has 0 atom stereocenters. The molecule has 0 bridgehead atoms. The van der Waals surface area contributed by atoms with Gasteiger partial charge in [0, 0.05) is 20.3 Å². The van der Waals surface area contributed by atoms with Gasteiger partial charge in [0.2, 0.25) is 0 Å². The Bertz CT molecular complexity index is 330. The van der Waals surface area contributed by atoms with Crippen LogP contribution >= 0.6 is 0 Å². The highest BCUT2D eigenvalue weighted by Gasteiger charge is 2.12. The van der Waals surface area contributed by atoms with Gasteiger partial charge in [-0.05, 0) is 5.92 Å². The zero-order valence-corrected chi connectivity index (χ0v) is 8.96. The van der Waals surface area contributed by atoms with E-state index in [0.717, 1.165) is 11.4 Å². The Morgan fingerprint density at radius 2 is 2.21 bits per heavy atom. The minimum absolute atomic E-state index is 0.222. The van der Waals surface area contributed by atoms with Crippen molar-refractivity contribution >= 4 is 11.7 Å². The summed E-state index contributed by atoms with van der Waals surface area (Å²) in [7, 11) is 3.42. The molecule has 0 aliphatic rings. The van der Waals surface area contributed by atoms with Crippen LogP contribution in [0.25, 0.3) is 0 Å². The van der Waals surface area contributed by atoms with Gasteiger partial charge in [0.15, 0.2) is 0 Å². The molecule has 2 amide bonds. The van der Waals surface area contributed by atoms with Crippen molar-refractivity contribution in [3.05, 3.63) is 11.9 Å². The molecule has 0 spiro atoms. The Hall–Kier alpha value is -1.52. The second-order valence-corrected chi connectivity index (χ2v) is 3.46. The van der Waals surface area contributed by atoms with E-state index in [9.17, 15) is 4.79 Å². The summed E-state index contributed by atoms with van der Waals surface area (Å²) < 4.78 is 1.70. The molecule has 5 heteroatoms.